The number of benzene rings is 1. The Balaban J connectivity index is 1.64. The van der Waals surface area contributed by atoms with Crippen molar-refractivity contribution in [1.29, 1.82) is 0 Å². The number of aromatic nitrogens is 1. The van der Waals surface area contributed by atoms with E-state index in [0.29, 0.717) is 12.5 Å². The number of fused-ring (bicyclic) bond motifs is 1. The number of likely N-dealkylation sites (tertiary alicyclic amines) is 1. The summed E-state index contributed by atoms with van der Waals surface area (Å²) in [5.74, 6) is 1.34. The maximum Gasteiger partial charge on any atom is 0.193 e. The number of hydrogen-bond acceptors (Lipinski definition) is 2. The average Bonchev–Trinajstić information content (AvgIpc) is 3.22. The third kappa shape index (κ3) is 4.31. The first-order valence-corrected chi connectivity index (χ1v) is 8.99. The minimum absolute atomic E-state index is 0.202. The van der Waals surface area contributed by atoms with Crippen molar-refractivity contribution >= 4 is 16.9 Å². The molecule has 1 aliphatic heterocycles. The van der Waals surface area contributed by atoms with E-state index in [1.807, 2.05) is 6.20 Å². The zero-order valence-electron chi connectivity index (χ0n) is 15.0. The summed E-state index contributed by atoms with van der Waals surface area (Å²) in [6.45, 7) is 6.41. The van der Waals surface area contributed by atoms with Crippen molar-refractivity contribution in [2.24, 2.45) is 10.9 Å². The third-order valence-corrected chi connectivity index (χ3v) is 4.69. The van der Waals surface area contributed by atoms with Crippen LogP contribution in [0.3, 0.4) is 0 Å². The lowest BCUT2D eigenvalue weighted by atomic mass is 10.1. The largest absolute Gasteiger partial charge is 0.384 e. The van der Waals surface area contributed by atoms with Gasteiger partial charge in [-0.1, -0.05) is 0 Å². The van der Waals surface area contributed by atoms with E-state index in [1.54, 1.807) is 19.2 Å². The van der Waals surface area contributed by atoms with E-state index in [9.17, 15) is 4.39 Å². The maximum absolute atomic E-state index is 13.5. The predicted octanol–water partition coefficient (Wildman–Crippen LogP) is 2.78. The van der Waals surface area contributed by atoms with E-state index in [0.717, 1.165) is 61.5 Å². The molecule has 0 radical (unpaired) electrons. The number of nitrogens with one attached hydrogen (secondary N) is 2. The number of ether oxygens (including phenoxy) is 1. The lowest BCUT2D eigenvalue weighted by molar-refractivity contribution is 0.157. The van der Waals surface area contributed by atoms with Gasteiger partial charge in [0.25, 0.3) is 0 Å². The van der Waals surface area contributed by atoms with Gasteiger partial charge >= 0.3 is 0 Å². The number of guanidine groups is 1. The molecular formula is C19H27FN4O. The second-order valence-electron chi connectivity index (χ2n) is 6.55. The van der Waals surface area contributed by atoms with Crippen LogP contribution in [-0.2, 0) is 11.2 Å². The molecule has 1 aromatic heterocycles. The molecule has 1 fully saturated rings. The van der Waals surface area contributed by atoms with E-state index in [1.165, 1.54) is 6.07 Å². The number of H-pyrrole nitrogens is 1. The van der Waals surface area contributed by atoms with Crippen LogP contribution in [0.5, 0.6) is 0 Å². The van der Waals surface area contributed by atoms with Gasteiger partial charge in [-0.15, -0.1) is 0 Å². The van der Waals surface area contributed by atoms with E-state index in [4.69, 9.17) is 9.73 Å². The number of hydrogen-bond donors (Lipinski definition) is 2. The summed E-state index contributed by atoms with van der Waals surface area (Å²) >= 11 is 0. The Bertz CT molecular complexity index is 727. The Hall–Kier alpha value is -2.08. The Labute approximate surface area is 148 Å². The van der Waals surface area contributed by atoms with Crippen LogP contribution in [0, 0.1) is 11.7 Å². The molecule has 1 aromatic carbocycles. The van der Waals surface area contributed by atoms with E-state index in [-0.39, 0.29) is 5.82 Å². The van der Waals surface area contributed by atoms with Gasteiger partial charge in [-0.25, -0.2) is 4.39 Å². The first-order valence-electron chi connectivity index (χ1n) is 8.99. The van der Waals surface area contributed by atoms with Crippen LogP contribution in [0.15, 0.2) is 29.4 Å². The summed E-state index contributed by atoms with van der Waals surface area (Å²) in [6.07, 6.45) is 3.88. The molecular weight excluding hydrogens is 319 g/mol. The summed E-state index contributed by atoms with van der Waals surface area (Å²) < 4.78 is 18.8. The first-order chi connectivity index (χ1) is 12.2. The molecule has 2 N–H and O–H groups in total. The van der Waals surface area contributed by atoms with Gasteiger partial charge in [-0.2, -0.15) is 0 Å². The van der Waals surface area contributed by atoms with Crippen molar-refractivity contribution in [3.8, 4) is 0 Å². The van der Waals surface area contributed by atoms with Gasteiger partial charge < -0.3 is 19.9 Å². The van der Waals surface area contributed by atoms with Crippen LogP contribution in [0.4, 0.5) is 4.39 Å². The Morgan fingerprint density at radius 1 is 1.48 bits per heavy atom. The number of aliphatic imine (C=N–C) groups is 1. The van der Waals surface area contributed by atoms with Crippen LogP contribution in [0.2, 0.25) is 0 Å². The highest BCUT2D eigenvalue weighted by Crippen LogP contribution is 2.20. The molecule has 1 atom stereocenters. The van der Waals surface area contributed by atoms with Crippen LogP contribution < -0.4 is 5.32 Å². The van der Waals surface area contributed by atoms with Crippen molar-refractivity contribution < 1.29 is 9.13 Å². The Kier molecular flexibility index (Phi) is 5.91. The van der Waals surface area contributed by atoms with Gasteiger partial charge in [-0.3, -0.25) is 4.99 Å². The zero-order chi connectivity index (χ0) is 17.6. The number of halogens is 1. The van der Waals surface area contributed by atoms with Crippen LogP contribution in [0.1, 0.15) is 18.9 Å². The Morgan fingerprint density at radius 2 is 2.36 bits per heavy atom. The van der Waals surface area contributed by atoms with Crippen molar-refractivity contribution in [2.45, 2.75) is 19.8 Å². The van der Waals surface area contributed by atoms with Crippen LogP contribution in [-0.4, -0.2) is 55.7 Å². The second-order valence-corrected chi connectivity index (χ2v) is 6.55. The first kappa shape index (κ1) is 17.7. The SMILES string of the molecule is CCNC(=NCCc1c[nH]c2ccc(F)cc12)N1CCC(COC)C1. The zero-order valence-corrected chi connectivity index (χ0v) is 15.0. The molecule has 5 nitrogen and oxygen atoms in total. The molecule has 0 saturated carbocycles. The van der Waals surface area contributed by atoms with Crippen molar-refractivity contribution in [3.05, 3.63) is 35.8 Å². The molecule has 1 aliphatic rings. The molecule has 0 aliphatic carbocycles. The Morgan fingerprint density at radius 3 is 3.16 bits per heavy atom. The fourth-order valence-corrected chi connectivity index (χ4v) is 3.46. The summed E-state index contributed by atoms with van der Waals surface area (Å²) in [6, 6.07) is 4.85. The quantitative estimate of drug-likeness (QED) is 0.625. The van der Waals surface area contributed by atoms with Crippen molar-refractivity contribution in [1.82, 2.24) is 15.2 Å². The molecule has 2 aromatic rings. The van der Waals surface area contributed by atoms with E-state index < -0.39 is 0 Å². The monoisotopic (exact) mass is 346 g/mol. The molecule has 2 heterocycles. The van der Waals surface area contributed by atoms with Gasteiger partial charge in [-0.05, 0) is 43.5 Å². The number of nitrogens with zero attached hydrogens (tertiary/aromatic N) is 2. The highest BCUT2D eigenvalue weighted by atomic mass is 19.1. The second kappa shape index (κ2) is 8.34. The fraction of sp³-hybridized carbons (Fsp3) is 0.526. The molecule has 1 unspecified atom stereocenters. The lowest BCUT2D eigenvalue weighted by Crippen LogP contribution is -2.40. The molecule has 0 spiro atoms. The van der Waals surface area contributed by atoms with Crippen LogP contribution >= 0.6 is 0 Å². The summed E-state index contributed by atoms with van der Waals surface area (Å²) in [5.41, 5.74) is 2.07. The molecule has 6 heteroatoms. The van der Waals surface area contributed by atoms with E-state index in [2.05, 4.69) is 22.1 Å². The van der Waals surface area contributed by atoms with E-state index >= 15 is 0 Å². The third-order valence-electron chi connectivity index (χ3n) is 4.69. The van der Waals surface area contributed by atoms with Gasteiger partial charge in [0.1, 0.15) is 5.82 Å². The lowest BCUT2D eigenvalue weighted by Gasteiger charge is -2.21. The molecule has 25 heavy (non-hydrogen) atoms. The molecule has 0 bridgehead atoms. The predicted molar refractivity (Wildman–Crippen MR) is 99.5 cm³/mol. The smallest absolute Gasteiger partial charge is 0.193 e. The molecule has 136 valence electrons. The number of aromatic amines is 1. The number of rotatable bonds is 6. The summed E-state index contributed by atoms with van der Waals surface area (Å²) in [4.78, 5) is 10.3. The molecule has 3 rings (SSSR count). The van der Waals surface area contributed by atoms with Crippen LogP contribution in [0.25, 0.3) is 10.9 Å². The summed E-state index contributed by atoms with van der Waals surface area (Å²) in [5, 5.41) is 4.33. The summed E-state index contributed by atoms with van der Waals surface area (Å²) in [7, 11) is 1.76. The average molecular weight is 346 g/mol. The molecule has 0 amide bonds. The van der Waals surface area contributed by atoms with Gasteiger partial charge in [0, 0.05) is 56.3 Å². The minimum atomic E-state index is -0.202. The standard InChI is InChI=1S/C19H27FN4O/c1-3-21-19(24-9-7-14(12-24)13-25-2)22-8-6-15-11-23-18-5-4-16(20)10-17(15)18/h4-5,10-11,14,23H,3,6-9,12-13H2,1-2H3,(H,21,22). The van der Waals surface area contributed by atoms with Gasteiger partial charge in [0.15, 0.2) is 5.96 Å². The molecule has 1 saturated heterocycles. The van der Waals surface area contributed by atoms with Crippen molar-refractivity contribution in [2.75, 3.05) is 39.9 Å². The minimum Gasteiger partial charge on any atom is -0.384 e. The van der Waals surface area contributed by atoms with Gasteiger partial charge in [0.05, 0.1) is 6.61 Å². The normalized spacial score (nSPS) is 18.3. The fourth-order valence-electron chi connectivity index (χ4n) is 3.46. The van der Waals surface area contributed by atoms with Crippen molar-refractivity contribution in [3.63, 3.8) is 0 Å². The highest BCUT2D eigenvalue weighted by Gasteiger charge is 2.24. The number of methoxy groups -OCH3 is 1. The highest BCUT2D eigenvalue weighted by molar-refractivity contribution is 5.83. The maximum atomic E-state index is 13.5. The topological polar surface area (TPSA) is 52.7 Å². The van der Waals surface area contributed by atoms with Gasteiger partial charge in [0.2, 0.25) is 0 Å².